The lowest BCUT2D eigenvalue weighted by atomic mass is 10.2. The van der Waals surface area contributed by atoms with Crippen molar-refractivity contribution in [2.24, 2.45) is 0 Å². The van der Waals surface area contributed by atoms with Crippen LogP contribution in [-0.4, -0.2) is 66.2 Å². The summed E-state index contributed by atoms with van der Waals surface area (Å²) in [6.45, 7) is 25.0. The molecule has 0 saturated heterocycles. The van der Waals surface area contributed by atoms with Gasteiger partial charge in [0.2, 0.25) is 0 Å². The first-order valence-electron chi connectivity index (χ1n) is 11.7. The van der Waals surface area contributed by atoms with Gasteiger partial charge in [-0.05, 0) is 48.4 Å². The van der Waals surface area contributed by atoms with Crippen LogP contribution in [0.25, 0.3) is 0 Å². The summed E-state index contributed by atoms with van der Waals surface area (Å²) in [4.78, 5) is 23.6. The molecular formula is C24H46O7Si2. The number of hydrogen-bond acceptors (Lipinski definition) is 7. The van der Waals surface area contributed by atoms with Crippen LogP contribution in [0.1, 0.15) is 55.4 Å². The van der Waals surface area contributed by atoms with Gasteiger partial charge >= 0.3 is 11.9 Å². The summed E-state index contributed by atoms with van der Waals surface area (Å²) < 4.78 is 30.4. The minimum absolute atomic E-state index is 0.0234. The second kappa shape index (κ2) is 11.2. The lowest BCUT2D eigenvalue weighted by Crippen LogP contribution is -2.49. The van der Waals surface area contributed by atoms with Gasteiger partial charge in [-0.3, -0.25) is 9.59 Å². The fraction of sp³-hybridized carbons (Fsp3) is 0.833. The maximum atomic E-state index is 11.8. The molecule has 0 aromatic carbocycles. The van der Waals surface area contributed by atoms with E-state index < -0.39 is 53.0 Å². The topological polar surface area (TPSA) is 80.3 Å². The Hall–Kier alpha value is -1.01. The van der Waals surface area contributed by atoms with Gasteiger partial charge in [0.15, 0.2) is 16.6 Å². The number of ether oxygens (including phenoxy) is 3. The Morgan fingerprint density at radius 2 is 1.03 bits per heavy atom. The van der Waals surface area contributed by atoms with Crippen LogP contribution < -0.4 is 0 Å². The summed E-state index contributed by atoms with van der Waals surface area (Å²) in [5.41, 5.74) is 0. The summed E-state index contributed by atoms with van der Waals surface area (Å²) in [5.74, 6) is -0.823. The van der Waals surface area contributed by atoms with Gasteiger partial charge in [0.1, 0.15) is 24.4 Å². The van der Waals surface area contributed by atoms with Crippen LogP contribution in [0.15, 0.2) is 12.2 Å². The third kappa shape index (κ3) is 8.94. The van der Waals surface area contributed by atoms with Crippen LogP contribution >= 0.6 is 0 Å². The second-order valence-electron chi connectivity index (χ2n) is 11.9. The molecule has 0 bridgehead atoms. The number of carbonyl (C=O) groups is 2. The molecule has 0 spiro atoms. The highest BCUT2D eigenvalue weighted by Gasteiger charge is 2.42. The Morgan fingerprint density at radius 1 is 0.727 bits per heavy atom. The van der Waals surface area contributed by atoms with Crippen molar-refractivity contribution in [2.45, 2.75) is 116 Å². The molecule has 0 radical (unpaired) electrons. The minimum Gasteiger partial charge on any atom is -0.455 e. The van der Waals surface area contributed by atoms with Crippen molar-refractivity contribution in [1.82, 2.24) is 0 Å². The molecule has 1 aliphatic rings. The summed E-state index contributed by atoms with van der Waals surface area (Å²) in [5, 5.41) is 0.0469. The maximum Gasteiger partial charge on any atom is 0.303 e. The highest BCUT2D eigenvalue weighted by molar-refractivity contribution is 6.74. The molecule has 0 aromatic rings. The number of rotatable bonds is 8. The third-order valence-corrected chi connectivity index (χ3v) is 16.0. The van der Waals surface area contributed by atoms with Gasteiger partial charge < -0.3 is 23.1 Å². The molecule has 0 aromatic heterocycles. The molecular weight excluding hydrogens is 456 g/mol. The average molecular weight is 503 g/mol. The van der Waals surface area contributed by atoms with E-state index in [-0.39, 0.29) is 23.3 Å². The van der Waals surface area contributed by atoms with E-state index >= 15 is 0 Å². The molecule has 0 N–H and O–H groups in total. The predicted molar refractivity (Wildman–Crippen MR) is 135 cm³/mol. The van der Waals surface area contributed by atoms with Gasteiger partial charge in [-0.1, -0.05) is 41.5 Å². The van der Waals surface area contributed by atoms with E-state index in [1.54, 1.807) is 12.2 Å². The minimum atomic E-state index is -2.07. The first-order chi connectivity index (χ1) is 14.8. The number of hydrogen-bond donors (Lipinski definition) is 0. The van der Waals surface area contributed by atoms with Gasteiger partial charge in [-0.25, -0.2) is 0 Å². The Balaban J connectivity index is 3.19. The Kier molecular flexibility index (Phi) is 10.2. The largest absolute Gasteiger partial charge is 0.455 e. The lowest BCUT2D eigenvalue weighted by Gasteiger charge is -2.39. The molecule has 1 rings (SSSR count). The second-order valence-corrected chi connectivity index (χ2v) is 21.5. The van der Waals surface area contributed by atoms with Crippen molar-refractivity contribution < 1.29 is 32.7 Å². The van der Waals surface area contributed by atoms with Crippen LogP contribution in [0.5, 0.6) is 0 Å². The zero-order valence-corrected chi connectivity index (χ0v) is 24.7. The lowest BCUT2D eigenvalue weighted by molar-refractivity contribution is -0.167. The molecule has 1 aliphatic heterocycles. The number of esters is 2. The normalized spacial score (nSPS) is 24.8. The van der Waals surface area contributed by atoms with Gasteiger partial charge in [0, 0.05) is 13.8 Å². The van der Waals surface area contributed by atoms with E-state index in [4.69, 9.17) is 23.1 Å². The molecule has 9 heteroatoms. The van der Waals surface area contributed by atoms with Gasteiger partial charge in [-0.15, -0.1) is 0 Å². The van der Waals surface area contributed by atoms with Crippen molar-refractivity contribution >= 4 is 28.6 Å². The first kappa shape index (κ1) is 30.0. The van der Waals surface area contributed by atoms with E-state index in [2.05, 4.69) is 67.7 Å². The summed E-state index contributed by atoms with van der Waals surface area (Å²) >= 11 is 0. The zero-order chi connectivity index (χ0) is 25.8. The standard InChI is InChI=1S/C24H46O7Si2/c1-17(25)29-19-13-14-20(30-18(2)26)22(16-28-33(11,12)24(6,7)8)31-21(19)15-27-32(9,10)23(3,4)5/h13-14,19-22H,15-16H2,1-12H3/t19-,20+,21+,22-. The quantitative estimate of drug-likeness (QED) is 0.256. The fourth-order valence-electron chi connectivity index (χ4n) is 2.74. The van der Waals surface area contributed by atoms with Crippen LogP contribution in [0.2, 0.25) is 36.3 Å². The first-order valence-corrected chi connectivity index (χ1v) is 17.5. The van der Waals surface area contributed by atoms with Crippen LogP contribution in [0, 0.1) is 0 Å². The average Bonchev–Trinajstić information content (AvgIpc) is 2.75. The number of carbonyl (C=O) groups excluding carboxylic acids is 2. The summed E-state index contributed by atoms with van der Waals surface area (Å²) in [6, 6.07) is 0. The van der Waals surface area contributed by atoms with E-state index in [0.29, 0.717) is 0 Å². The van der Waals surface area contributed by atoms with E-state index in [1.807, 2.05) is 0 Å². The van der Waals surface area contributed by atoms with Gasteiger partial charge in [-0.2, -0.15) is 0 Å². The Bertz CT molecular complexity index is 647. The third-order valence-electron chi connectivity index (χ3n) is 7.01. The molecule has 0 fully saturated rings. The van der Waals surface area contributed by atoms with E-state index in [9.17, 15) is 9.59 Å². The molecule has 4 atom stereocenters. The molecule has 0 amide bonds. The fourth-order valence-corrected chi connectivity index (χ4v) is 4.77. The summed E-state index contributed by atoms with van der Waals surface area (Å²) in [7, 11) is -4.14. The smallest absolute Gasteiger partial charge is 0.303 e. The van der Waals surface area contributed by atoms with Crippen molar-refractivity contribution in [3.63, 3.8) is 0 Å². The molecule has 33 heavy (non-hydrogen) atoms. The predicted octanol–water partition coefficient (Wildman–Crippen LogP) is 5.22. The van der Waals surface area contributed by atoms with Crippen LogP contribution in [0.3, 0.4) is 0 Å². The summed E-state index contributed by atoms with van der Waals surface area (Å²) in [6.07, 6.45) is 1.08. The molecule has 0 unspecified atom stereocenters. The van der Waals surface area contributed by atoms with Gasteiger partial charge in [0.05, 0.1) is 13.2 Å². The monoisotopic (exact) mass is 502 g/mol. The maximum absolute atomic E-state index is 11.8. The van der Waals surface area contributed by atoms with Gasteiger partial charge in [0.25, 0.3) is 0 Å². The Morgan fingerprint density at radius 3 is 1.27 bits per heavy atom. The van der Waals surface area contributed by atoms with Crippen molar-refractivity contribution in [2.75, 3.05) is 13.2 Å². The molecule has 7 nitrogen and oxygen atoms in total. The highest BCUT2D eigenvalue weighted by atomic mass is 28.4. The molecule has 0 aliphatic carbocycles. The zero-order valence-electron chi connectivity index (χ0n) is 22.7. The molecule has 192 valence electrons. The van der Waals surface area contributed by atoms with Crippen molar-refractivity contribution in [3.05, 3.63) is 12.2 Å². The van der Waals surface area contributed by atoms with E-state index in [0.717, 1.165) is 0 Å². The van der Waals surface area contributed by atoms with Crippen molar-refractivity contribution in [3.8, 4) is 0 Å². The highest BCUT2D eigenvalue weighted by Crippen LogP contribution is 2.38. The Labute approximate surface area is 202 Å². The SMILES string of the molecule is CC(=O)O[C@H]1C=C[C@@H](OC(C)=O)[C@H](CO[Si](C)(C)C(C)(C)C)O[C@@H]1CO[Si](C)(C)C(C)(C)C. The van der Waals surface area contributed by atoms with Crippen LogP contribution in [-0.2, 0) is 32.7 Å². The van der Waals surface area contributed by atoms with Crippen LogP contribution in [0.4, 0.5) is 0 Å². The molecule has 0 saturated carbocycles. The molecule has 1 heterocycles. The van der Waals surface area contributed by atoms with E-state index in [1.165, 1.54) is 13.8 Å². The van der Waals surface area contributed by atoms with Crippen molar-refractivity contribution in [1.29, 1.82) is 0 Å².